The molecule has 0 spiro atoms. The van der Waals surface area contributed by atoms with Gasteiger partial charge in [0.2, 0.25) is 0 Å². The molecule has 3 heterocycles. The van der Waals surface area contributed by atoms with Crippen LogP contribution in [0.1, 0.15) is 92.0 Å². The summed E-state index contributed by atoms with van der Waals surface area (Å²) in [5.41, 5.74) is 4.57. The summed E-state index contributed by atoms with van der Waals surface area (Å²) in [6.07, 6.45) is 8.25. The Morgan fingerprint density at radius 3 is 2.24 bits per heavy atom. The molecule has 50 heavy (non-hydrogen) atoms. The fourth-order valence-corrected chi connectivity index (χ4v) is 8.63. The van der Waals surface area contributed by atoms with E-state index in [2.05, 4.69) is 109 Å². The van der Waals surface area contributed by atoms with Crippen molar-refractivity contribution in [3.63, 3.8) is 0 Å². The lowest BCUT2D eigenvalue weighted by atomic mass is 9.69. The van der Waals surface area contributed by atoms with E-state index in [9.17, 15) is 4.21 Å². The molecule has 1 unspecified atom stereocenters. The van der Waals surface area contributed by atoms with Crippen molar-refractivity contribution in [2.45, 2.75) is 134 Å². The van der Waals surface area contributed by atoms with Gasteiger partial charge in [-0.15, -0.1) is 0 Å². The molecule has 2 atom stereocenters. The minimum Gasteiger partial charge on any atom is -0.414 e. The van der Waals surface area contributed by atoms with E-state index in [1.54, 1.807) is 12.4 Å². The van der Waals surface area contributed by atoms with Gasteiger partial charge in [-0.1, -0.05) is 59.7 Å². The number of rotatable bonds is 12. The van der Waals surface area contributed by atoms with Crippen molar-refractivity contribution in [3.05, 3.63) is 66.4 Å². The van der Waals surface area contributed by atoms with Gasteiger partial charge in [0, 0.05) is 28.7 Å². The van der Waals surface area contributed by atoms with Gasteiger partial charge in [-0.05, 0) is 93.5 Å². The monoisotopic (exact) mass is 734 g/mol. The molecule has 1 aliphatic rings. The number of aromatic nitrogens is 5. The van der Waals surface area contributed by atoms with Gasteiger partial charge in [-0.2, -0.15) is 5.10 Å². The van der Waals surface area contributed by atoms with Crippen molar-refractivity contribution in [1.29, 1.82) is 0 Å². The summed E-state index contributed by atoms with van der Waals surface area (Å²) in [5.74, 6) is 1.13. The van der Waals surface area contributed by atoms with Gasteiger partial charge < -0.3 is 8.85 Å². The van der Waals surface area contributed by atoms with Crippen LogP contribution in [-0.2, 0) is 26.4 Å². The summed E-state index contributed by atoms with van der Waals surface area (Å²) < 4.78 is 27.1. The minimum absolute atomic E-state index is 0.108. The average Bonchev–Trinajstić information content (AvgIpc) is 3.43. The first-order chi connectivity index (χ1) is 23.1. The minimum atomic E-state index is -1.94. The first-order valence-corrected chi connectivity index (χ1v) is 24.9. The van der Waals surface area contributed by atoms with Crippen molar-refractivity contribution in [2.24, 2.45) is 11.1 Å². The number of nitrogens with two attached hydrogens (primary N) is 1. The van der Waals surface area contributed by atoms with E-state index >= 15 is 0 Å². The highest BCUT2D eigenvalue weighted by atomic mass is 32.2. The number of nitrogens with zero attached hydrogens (tertiary/aromatic N) is 5. The average molecular weight is 735 g/mol. The smallest absolute Gasteiger partial charge is 0.192 e. The molecular formula is C38H58N6O3SSi2. The first kappa shape index (κ1) is 38.6. The van der Waals surface area contributed by atoms with E-state index in [4.69, 9.17) is 29.1 Å². The Kier molecular flexibility index (Phi) is 10.9. The predicted octanol–water partition coefficient (Wildman–Crippen LogP) is 9.07. The zero-order chi connectivity index (χ0) is 36.9. The molecule has 1 aromatic carbocycles. The largest absolute Gasteiger partial charge is 0.414 e. The van der Waals surface area contributed by atoms with Crippen LogP contribution >= 0.6 is 0 Å². The third kappa shape index (κ3) is 8.36. The standard InChI is InChI=1S/C38H58N6O3SSi2/c1-36(2,3)49(9,10)46-25-29-23-40-24-35(42-29)44-34-20-26(16-17-27(34)22-41-44)32-14-13-15-33(43-32)31(21-38(7,8)48(39)45)28-18-30(19-28)47-50(11,12)37(4,5)6/h13-17,20,22-24,28,30-31H,18-19,21,25,39H2,1-12H3/t28?,30?,31-,48?/m0/s1. The second-order valence-corrected chi connectivity index (χ2v) is 29.1. The van der Waals surface area contributed by atoms with Crippen LogP contribution in [0.2, 0.25) is 36.3 Å². The number of benzene rings is 1. The Labute approximate surface area is 304 Å². The molecule has 0 radical (unpaired) electrons. The molecule has 0 amide bonds. The van der Waals surface area contributed by atoms with E-state index in [-0.39, 0.29) is 22.1 Å². The van der Waals surface area contributed by atoms with Crippen molar-refractivity contribution in [1.82, 2.24) is 24.7 Å². The molecule has 0 bridgehead atoms. The maximum Gasteiger partial charge on any atom is 0.192 e. The Bertz CT molecular complexity index is 1840. The fraction of sp³-hybridized carbons (Fsp3) is 0.579. The van der Waals surface area contributed by atoms with Crippen LogP contribution in [0.15, 0.2) is 55.0 Å². The zero-order valence-electron chi connectivity index (χ0n) is 32.2. The van der Waals surface area contributed by atoms with Crippen LogP contribution in [0.4, 0.5) is 0 Å². The molecule has 4 aromatic rings. The third-order valence-electron chi connectivity index (χ3n) is 11.5. The number of hydrogen-bond donors (Lipinski definition) is 1. The highest BCUT2D eigenvalue weighted by Gasteiger charge is 2.46. The summed E-state index contributed by atoms with van der Waals surface area (Å²) >= 11 is 0. The first-order valence-electron chi connectivity index (χ1n) is 17.8. The molecule has 5 rings (SSSR count). The normalized spacial score (nSPS) is 19.0. The molecule has 12 heteroatoms. The third-order valence-corrected chi connectivity index (χ3v) is 21.8. The van der Waals surface area contributed by atoms with Crippen LogP contribution in [0.25, 0.3) is 28.0 Å². The number of pyridine rings is 1. The highest BCUT2D eigenvalue weighted by molar-refractivity contribution is 7.84. The molecule has 0 aliphatic heterocycles. The summed E-state index contributed by atoms with van der Waals surface area (Å²) in [5, 5.41) is 12.0. The molecule has 272 valence electrons. The SMILES string of the molecule is CC(C)(C[C@H](c1cccc(-c2ccc3cnn(-c4cncc(CO[Si](C)(C)C(C)(C)C)n4)c3c2)n1)C1CC(O[Si](C)(C)C(C)(C)C)C1)S(N)=O. The van der Waals surface area contributed by atoms with E-state index in [1.165, 1.54) is 0 Å². The van der Waals surface area contributed by atoms with Crippen LogP contribution in [-0.4, -0.2) is 56.4 Å². The second kappa shape index (κ2) is 14.1. The summed E-state index contributed by atoms with van der Waals surface area (Å²) in [4.78, 5) is 14.6. The Hall–Kier alpha value is -2.62. The van der Waals surface area contributed by atoms with Gasteiger partial charge in [0.05, 0.1) is 57.8 Å². The summed E-state index contributed by atoms with van der Waals surface area (Å²) in [7, 11) is -5.28. The van der Waals surface area contributed by atoms with Gasteiger partial charge in [0.15, 0.2) is 22.5 Å². The predicted molar refractivity (Wildman–Crippen MR) is 210 cm³/mol. The summed E-state index contributed by atoms with van der Waals surface area (Å²) in [6, 6.07) is 12.5. The van der Waals surface area contributed by atoms with E-state index in [0.717, 1.165) is 46.4 Å². The summed E-state index contributed by atoms with van der Waals surface area (Å²) in [6.45, 7) is 27.1. The molecule has 1 aliphatic carbocycles. The maximum absolute atomic E-state index is 12.6. The molecule has 1 saturated carbocycles. The topological polar surface area (TPSA) is 118 Å². The lowest BCUT2D eigenvalue weighted by molar-refractivity contribution is 0.0357. The molecular weight excluding hydrogens is 677 g/mol. The molecule has 0 saturated heterocycles. The second-order valence-electron chi connectivity index (χ2n) is 17.8. The van der Waals surface area contributed by atoms with Gasteiger partial charge in [-0.3, -0.25) is 15.1 Å². The molecule has 1 fully saturated rings. The fourth-order valence-electron chi connectivity index (χ4n) is 5.97. The quantitative estimate of drug-likeness (QED) is 0.144. The number of fused-ring (bicyclic) bond motifs is 1. The van der Waals surface area contributed by atoms with E-state index < -0.39 is 32.4 Å². The highest BCUT2D eigenvalue weighted by Crippen LogP contribution is 2.48. The lowest BCUT2D eigenvalue weighted by Crippen LogP contribution is -2.49. The Balaban J connectivity index is 1.42. The van der Waals surface area contributed by atoms with Crippen LogP contribution in [0, 0.1) is 5.92 Å². The maximum atomic E-state index is 12.6. The van der Waals surface area contributed by atoms with Gasteiger partial charge in [-0.25, -0.2) is 13.9 Å². The van der Waals surface area contributed by atoms with Crippen molar-refractivity contribution < 1.29 is 13.1 Å². The molecule has 3 aromatic heterocycles. The van der Waals surface area contributed by atoms with Crippen LogP contribution in [0.3, 0.4) is 0 Å². The van der Waals surface area contributed by atoms with E-state index in [0.29, 0.717) is 24.8 Å². The Morgan fingerprint density at radius 1 is 0.920 bits per heavy atom. The van der Waals surface area contributed by atoms with Crippen LogP contribution < -0.4 is 5.14 Å². The Morgan fingerprint density at radius 2 is 1.60 bits per heavy atom. The number of hydrogen-bond acceptors (Lipinski definition) is 7. The van der Waals surface area contributed by atoms with Gasteiger partial charge in [0.25, 0.3) is 0 Å². The van der Waals surface area contributed by atoms with Crippen molar-refractivity contribution in [2.75, 3.05) is 0 Å². The van der Waals surface area contributed by atoms with Crippen molar-refractivity contribution in [3.8, 4) is 17.1 Å². The van der Waals surface area contributed by atoms with E-state index in [1.807, 2.05) is 24.7 Å². The van der Waals surface area contributed by atoms with Crippen molar-refractivity contribution >= 4 is 38.5 Å². The lowest BCUT2D eigenvalue weighted by Gasteiger charge is -2.47. The van der Waals surface area contributed by atoms with Gasteiger partial charge in [0.1, 0.15) is 0 Å². The van der Waals surface area contributed by atoms with Crippen LogP contribution in [0.5, 0.6) is 0 Å². The zero-order valence-corrected chi connectivity index (χ0v) is 35.0. The molecule has 9 nitrogen and oxygen atoms in total. The van der Waals surface area contributed by atoms with Gasteiger partial charge >= 0.3 is 0 Å². The molecule has 2 N–H and O–H groups in total.